The van der Waals surface area contributed by atoms with E-state index in [0.29, 0.717) is 37.1 Å². The SMILES string of the molecule is CC(C)c1ccc(C#N)c(NCC2(CO)CCOCC2)n1. The van der Waals surface area contributed by atoms with E-state index in [1.54, 1.807) is 6.07 Å². The Morgan fingerprint density at radius 1 is 1.43 bits per heavy atom. The van der Waals surface area contributed by atoms with Gasteiger partial charge in [0.1, 0.15) is 11.9 Å². The van der Waals surface area contributed by atoms with Crippen LogP contribution in [0.2, 0.25) is 0 Å². The van der Waals surface area contributed by atoms with Crippen molar-refractivity contribution in [2.24, 2.45) is 5.41 Å². The molecule has 0 spiro atoms. The molecule has 0 atom stereocenters. The number of rotatable bonds is 5. The lowest BCUT2D eigenvalue weighted by Gasteiger charge is -2.35. The first kappa shape index (κ1) is 15.7. The van der Waals surface area contributed by atoms with Crippen LogP contribution in [0.15, 0.2) is 12.1 Å². The molecule has 5 nitrogen and oxygen atoms in total. The first-order valence-corrected chi connectivity index (χ1v) is 7.44. The zero-order valence-electron chi connectivity index (χ0n) is 12.7. The van der Waals surface area contributed by atoms with E-state index in [4.69, 9.17) is 4.74 Å². The van der Waals surface area contributed by atoms with E-state index in [2.05, 4.69) is 30.2 Å². The number of hydrogen-bond acceptors (Lipinski definition) is 5. The molecule has 0 aromatic carbocycles. The van der Waals surface area contributed by atoms with Crippen LogP contribution in [0.4, 0.5) is 5.82 Å². The highest BCUT2D eigenvalue weighted by Crippen LogP contribution is 2.30. The smallest absolute Gasteiger partial charge is 0.144 e. The van der Waals surface area contributed by atoms with Crippen LogP contribution in [0.3, 0.4) is 0 Å². The number of nitrogens with one attached hydrogen (secondary N) is 1. The maximum Gasteiger partial charge on any atom is 0.144 e. The lowest BCUT2D eigenvalue weighted by atomic mass is 9.81. The van der Waals surface area contributed by atoms with Crippen molar-refractivity contribution in [2.45, 2.75) is 32.6 Å². The average Bonchev–Trinajstić information content (AvgIpc) is 2.53. The second-order valence-corrected chi connectivity index (χ2v) is 6.02. The predicted molar refractivity (Wildman–Crippen MR) is 81.1 cm³/mol. The fourth-order valence-corrected chi connectivity index (χ4v) is 2.49. The molecule has 1 aliphatic rings. The molecule has 1 fully saturated rings. The zero-order chi connectivity index (χ0) is 15.3. The topological polar surface area (TPSA) is 78.2 Å². The second-order valence-electron chi connectivity index (χ2n) is 6.02. The summed E-state index contributed by atoms with van der Waals surface area (Å²) in [5.41, 5.74) is 1.32. The van der Waals surface area contributed by atoms with Gasteiger partial charge in [0, 0.05) is 30.9 Å². The van der Waals surface area contributed by atoms with Gasteiger partial charge in [0.25, 0.3) is 0 Å². The normalized spacial score (nSPS) is 17.5. The van der Waals surface area contributed by atoms with Crippen LogP contribution in [0, 0.1) is 16.7 Å². The Hall–Kier alpha value is -1.64. The quantitative estimate of drug-likeness (QED) is 0.869. The van der Waals surface area contributed by atoms with E-state index in [0.717, 1.165) is 18.5 Å². The number of ether oxygens (including phenoxy) is 1. The largest absolute Gasteiger partial charge is 0.396 e. The van der Waals surface area contributed by atoms with Gasteiger partial charge in [0.05, 0.1) is 12.2 Å². The number of aliphatic hydroxyl groups is 1. The van der Waals surface area contributed by atoms with Gasteiger partial charge in [-0.3, -0.25) is 0 Å². The van der Waals surface area contributed by atoms with Gasteiger partial charge in [-0.15, -0.1) is 0 Å². The molecule has 0 saturated carbocycles. The number of nitrogens with zero attached hydrogens (tertiary/aromatic N) is 2. The Kier molecular flexibility index (Phi) is 5.16. The van der Waals surface area contributed by atoms with Gasteiger partial charge in [0.2, 0.25) is 0 Å². The number of aliphatic hydroxyl groups excluding tert-OH is 1. The fourth-order valence-electron chi connectivity index (χ4n) is 2.49. The molecule has 0 aliphatic carbocycles. The van der Waals surface area contributed by atoms with Crippen LogP contribution >= 0.6 is 0 Å². The number of hydrogen-bond donors (Lipinski definition) is 2. The summed E-state index contributed by atoms with van der Waals surface area (Å²) in [5.74, 6) is 0.927. The standard InChI is InChI=1S/C16H23N3O2/c1-12(2)14-4-3-13(9-17)15(19-14)18-10-16(11-20)5-7-21-8-6-16/h3-4,12,20H,5-8,10-11H2,1-2H3,(H,18,19). The van der Waals surface area contributed by atoms with Crippen molar-refractivity contribution in [1.82, 2.24) is 4.98 Å². The molecule has 5 heteroatoms. The van der Waals surface area contributed by atoms with Gasteiger partial charge in [-0.25, -0.2) is 4.98 Å². The molecular formula is C16H23N3O2. The van der Waals surface area contributed by atoms with Crippen LogP contribution in [0.1, 0.15) is 43.9 Å². The van der Waals surface area contributed by atoms with Gasteiger partial charge in [0.15, 0.2) is 0 Å². The van der Waals surface area contributed by atoms with Crippen molar-refractivity contribution >= 4 is 5.82 Å². The van der Waals surface area contributed by atoms with E-state index in [1.807, 2.05) is 6.07 Å². The third kappa shape index (κ3) is 3.72. The van der Waals surface area contributed by atoms with Crippen LogP contribution < -0.4 is 5.32 Å². The van der Waals surface area contributed by atoms with E-state index in [-0.39, 0.29) is 12.0 Å². The number of anilines is 1. The summed E-state index contributed by atoms with van der Waals surface area (Å²) in [5, 5.41) is 22.2. The van der Waals surface area contributed by atoms with Crippen LogP contribution in [0.5, 0.6) is 0 Å². The highest BCUT2D eigenvalue weighted by Gasteiger charge is 2.32. The molecule has 0 bridgehead atoms. The van der Waals surface area contributed by atoms with Crippen molar-refractivity contribution in [2.75, 3.05) is 31.7 Å². The Morgan fingerprint density at radius 3 is 2.71 bits per heavy atom. The van der Waals surface area contributed by atoms with Gasteiger partial charge in [-0.1, -0.05) is 13.8 Å². The van der Waals surface area contributed by atoms with E-state index < -0.39 is 0 Å². The lowest BCUT2D eigenvalue weighted by molar-refractivity contribution is -0.00862. The maximum absolute atomic E-state index is 9.71. The molecule has 2 heterocycles. The van der Waals surface area contributed by atoms with Gasteiger partial charge < -0.3 is 15.2 Å². The molecular weight excluding hydrogens is 266 g/mol. The lowest BCUT2D eigenvalue weighted by Crippen LogP contribution is -2.39. The Morgan fingerprint density at radius 2 is 2.14 bits per heavy atom. The molecule has 21 heavy (non-hydrogen) atoms. The van der Waals surface area contributed by atoms with Gasteiger partial charge >= 0.3 is 0 Å². The van der Waals surface area contributed by atoms with E-state index >= 15 is 0 Å². The molecule has 2 N–H and O–H groups in total. The van der Waals surface area contributed by atoms with Crippen molar-refractivity contribution in [1.29, 1.82) is 5.26 Å². The number of nitriles is 1. The minimum atomic E-state index is -0.180. The van der Waals surface area contributed by atoms with Crippen molar-refractivity contribution in [3.63, 3.8) is 0 Å². The Balaban J connectivity index is 2.14. The van der Waals surface area contributed by atoms with Gasteiger partial charge in [-0.2, -0.15) is 5.26 Å². The van der Waals surface area contributed by atoms with Gasteiger partial charge in [-0.05, 0) is 30.9 Å². The first-order valence-electron chi connectivity index (χ1n) is 7.44. The first-order chi connectivity index (χ1) is 10.1. The molecule has 0 amide bonds. The fraction of sp³-hybridized carbons (Fsp3) is 0.625. The average molecular weight is 289 g/mol. The molecule has 1 aliphatic heterocycles. The summed E-state index contributed by atoms with van der Waals surface area (Å²) in [6.07, 6.45) is 1.64. The Labute approximate surface area is 126 Å². The second kappa shape index (κ2) is 6.88. The summed E-state index contributed by atoms with van der Waals surface area (Å²) in [6.45, 7) is 6.22. The van der Waals surface area contributed by atoms with Crippen molar-refractivity contribution in [3.8, 4) is 6.07 Å². The van der Waals surface area contributed by atoms with Crippen molar-refractivity contribution < 1.29 is 9.84 Å². The number of aromatic nitrogens is 1. The Bertz CT molecular complexity index is 517. The van der Waals surface area contributed by atoms with E-state index in [1.165, 1.54) is 0 Å². The molecule has 1 aromatic rings. The summed E-state index contributed by atoms with van der Waals surface area (Å²) in [4.78, 5) is 4.55. The minimum absolute atomic E-state index is 0.120. The molecule has 0 unspecified atom stereocenters. The summed E-state index contributed by atoms with van der Waals surface area (Å²) >= 11 is 0. The molecule has 1 aromatic heterocycles. The molecule has 114 valence electrons. The van der Waals surface area contributed by atoms with E-state index in [9.17, 15) is 10.4 Å². The zero-order valence-corrected chi connectivity index (χ0v) is 12.7. The minimum Gasteiger partial charge on any atom is -0.396 e. The monoisotopic (exact) mass is 289 g/mol. The summed E-state index contributed by atoms with van der Waals surface area (Å²) in [7, 11) is 0. The molecule has 0 radical (unpaired) electrons. The molecule has 2 rings (SSSR count). The summed E-state index contributed by atoms with van der Waals surface area (Å²) in [6, 6.07) is 5.87. The van der Waals surface area contributed by atoms with Crippen LogP contribution in [0.25, 0.3) is 0 Å². The highest BCUT2D eigenvalue weighted by atomic mass is 16.5. The predicted octanol–water partition coefficient (Wildman–Crippen LogP) is 2.28. The number of pyridine rings is 1. The highest BCUT2D eigenvalue weighted by molar-refractivity contribution is 5.52. The molecule has 1 saturated heterocycles. The summed E-state index contributed by atoms with van der Waals surface area (Å²) < 4.78 is 5.37. The third-order valence-corrected chi connectivity index (χ3v) is 4.15. The third-order valence-electron chi connectivity index (χ3n) is 4.15. The van der Waals surface area contributed by atoms with Crippen molar-refractivity contribution in [3.05, 3.63) is 23.4 Å². The maximum atomic E-state index is 9.71. The van der Waals surface area contributed by atoms with Crippen LogP contribution in [-0.2, 0) is 4.74 Å². The van der Waals surface area contributed by atoms with Crippen LogP contribution in [-0.4, -0.2) is 36.5 Å².